The van der Waals surface area contributed by atoms with Gasteiger partial charge >= 0.3 is 5.97 Å². The van der Waals surface area contributed by atoms with E-state index in [1.807, 2.05) is 0 Å². The summed E-state index contributed by atoms with van der Waals surface area (Å²) in [5.41, 5.74) is 12.4. The summed E-state index contributed by atoms with van der Waals surface area (Å²) in [4.78, 5) is 15.2. The van der Waals surface area contributed by atoms with Crippen LogP contribution in [0.25, 0.3) is 11.1 Å². The maximum atomic E-state index is 12.2. The minimum absolute atomic E-state index is 0.339. The Labute approximate surface area is 130 Å². The molecule has 0 fully saturated rings. The van der Waals surface area contributed by atoms with Crippen molar-refractivity contribution in [2.45, 2.75) is 39.5 Å². The smallest absolute Gasteiger partial charge is 0.342 e. The third kappa shape index (κ3) is 2.39. The van der Waals surface area contributed by atoms with Crippen molar-refractivity contribution in [3.8, 4) is 11.1 Å². The van der Waals surface area contributed by atoms with Crippen LogP contribution in [-0.2, 0) is 17.6 Å². The number of hydrogen-bond acceptors (Lipinski definition) is 3. The fourth-order valence-electron chi connectivity index (χ4n) is 3.38. The highest BCUT2D eigenvalue weighted by Crippen LogP contribution is 2.35. The second-order valence-corrected chi connectivity index (χ2v) is 5.79. The molecule has 0 bridgehead atoms. The zero-order chi connectivity index (χ0) is 15.7. The molecule has 0 spiro atoms. The SMILES string of the molecule is CCOC(=O)c1c(-c2ccc3c(c2C)CCCC3)c[nH]c1N. The molecule has 0 saturated heterocycles. The largest absolute Gasteiger partial charge is 0.462 e. The molecule has 1 aromatic carbocycles. The first-order valence-electron chi connectivity index (χ1n) is 7.89. The molecule has 2 aromatic rings. The minimum atomic E-state index is -0.367. The molecule has 3 N–H and O–H groups in total. The number of benzene rings is 1. The number of hydrogen-bond donors (Lipinski definition) is 2. The van der Waals surface area contributed by atoms with Gasteiger partial charge in [0.2, 0.25) is 0 Å². The number of nitrogens with two attached hydrogens (primary N) is 1. The predicted octanol–water partition coefficient (Wildman–Crippen LogP) is 3.63. The molecule has 0 unspecified atom stereocenters. The zero-order valence-electron chi connectivity index (χ0n) is 13.2. The van der Waals surface area contributed by atoms with Crippen molar-refractivity contribution < 1.29 is 9.53 Å². The first-order valence-corrected chi connectivity index (χ1v) is 7.89. The highest BCUT2D eigenvalue weighted by Gasteiger charge is 2.22. The number of esters is 1. The number of fused-ring (bicyclic) bond motifs is 1. The molecular weight excluding hydrogens is 276 g/mol. The van der Waals surface area contributed by atoms with Gasteiger partial charge in [0.1, 0.15) is 11.4 Å². The summed E-state index contributed by atoms with van der Waals surface area (Å²) in [6.07, 6.45) is 6.56. The van der Waals surface area contributed by atoms with Gasteiger partial charge in [-0.1, -0.05) is 12.1 Å². The molecule has 4 heteroatoms. The van der Waals surface area contributed by atoms with Crippen LogP contribution in [0.15, 0.2) is 18.3 Å². The van der Waals surface area contributed by atoms with E-state index in [1.165, 1.54) is 29.5 Å². The van der Waals surface area contributed by atoms with E-state index in [1.54, 1.807) is 13.1 Å². The van der Waals surface area contributed by atoms with Gasteiger partial charge in [0.15, 0.2) is 0 Å². The Balaban J connectivity index is 2.11. The molecular formula is C18H22N2O2. The summed E-state index contributed by atoms with van der Waals surface area (Å²) in [5.74, 6) is -0.000980. The normalized spacial score (nSPS) is 13.7. The fraction of sp³-hybridized carbons (Fsp3) is 0.389. The molecule has 4 nitrogen and oxygen atoms in total. The summed E-state index contributed by atoms with van der Waals surface area (Å²) in [7, 11) is 0. The minimum Gasteiger partial charge on any atom is -0.462 e. The van der Waals surface area contributed by atoms with Crippen molar-refractivity contribution in [2.75, 3.05) is 12.3 Å². The Hall–Kier alpha value is -2.23. The van der Waals surface area contributed by atoms with Crippen LogP contribution in [0.1, 0.15) is 46.8 Å². The average molecular weight is 298 g/mol. The van der Waals surface area contributed by atoms with Gasteiger partial charge in [0.05, 0.1) is 6.61 Å². The number of aryl methyl sites for hydroxylation is 1. The topological polar surface area (TPSA) is 68.1 Å². The quantitative estimate of drug-likeness (QED) is 0.850. The van der Waals surface area contributed by atoms with Gasteiger partial charge in [0.25, 0.3) is 0 Å². The van der Waals surface area contributed by atoms with Gasteiger partial charge in [0, 0.05) is 11.8 Å². The van der Waals surface area contributed by atoms with E-state index in [2.05, 4.69) is 24.0 Å². The van der Waals surface area contributed by atoms with E-state index < -0.39 is 0 Å². The van der Waals surface area contributed by atoms with Crippen LogP contribution in [-0.4, -0.2) is 17.6 Å². The predicted molar refractivity (Wildman–Crippen MR) is 88.0 cm³/mol. The summed E-state index contributed by atoms with van der Waals surface area (Å²) in [6.45, 7) is 4.27. The molecule has 3 rings (SSSR count). The van der Waals surface area contributed by atoms with Crippen molar-refractivity contribution in [3.63, 3.8) is 0 Å². The molecule has 1 aliphatic carbocycles. The summed E-state index contributed by atoms with van der Waals surface area (Å²) < 4.78 is 5.14. The van der Waals surface area contributed by atoms with E-state index in [9.17, 15) is 4.79 Å². The van der Waals surface area contributed by atoms with Crippen LogP contribution >= 0.6 is 0 Å². The second kappa shape index (κ2) is 5.87. The van der Waals surface area contributed by atoms with Crippen molar-refractivity contribution >= 4 is 11.8 Å². The molecule has 0 radical (unpaired) electrons. The van der Waals surface area contributed by atoms with E-state index in [0.717, 1.165) is 24.0 Å². The van der Waals surface area contributed by atoms with Gasteiger partial charge in [-0.15, -0.1) is 0 Å². The summed E-state index contributed by atoms with van der Waals surface area (Å²) in [6, 6.07) is 4.29. The first kappa shape index (κ1) is 14.7. The number of aromatic amines is 1. The number of carbonyl (C=O) groups is 1. The summed E-state index contributed by atoms with van der Waals surface area (Å²) in [5, 5.41) is 0. The molecule has 0 saturated carbocycles. The molecule has 0 atom stereocenters. The van der Waals surface area contributed by atoms with Crippen LogP contribution < -0.4 is 5.73 Å². The van der Waals surface area contributed by atoms with Crippen LogP contribution in [0.4, 0.5) is 5.82 Å². The Kier molecular flexibility index (Phi) is 3.92. The molecule has 0 aliphatic heterocycles. The highest BCUT2D eigenvalue weighted by atomic mass is 16.5. The Morgan fingerprint density at radius 2 is 2.05 bits per heavy atom. The summed E-state index contributed by atoms with van der Waals surface area (Å²) >= 11 is 0. The maximum absolute atomic E-state index is 12.2. The lowest BCUT2D eigenvalue weighted by molar-refractivity contribution is 0.0528. The van der Waals surface area contributed by atoms with Crippen molar-refractivity contribution in [1.82, 2.24) is 4.98 Å². The number of ether oxygens (including phenoxy) is 1. The van der Waals surface area contributed by atoms with Crippen LogP contribution in [0.2, 0.25) is 0 Å². The monoisotopic (exact) mass is 298 g/mol. The second-order valence-electron chi connectivity index (χ2n) is 5.79. The van der Waals surface area contributed by atoms with E-state index in [0.29, 0.717) is 18.0 Å². The molecule has 22 heavy (non-hydrogen) atoms. The van der Waals surface area contributed by atoms with Crippen LogP contribution in [0.5, 0.6) is 0 Å². The Bertz CT molecular complexity index is 716. The zero-order valence-corrected chi connectivity index (χ0v) is 13.2. The fourth-order valence-corrected chi connectivity index (χ4v) is 3.38. The van der Waals surface area contributed by atoms with Crippen molar-refractivity contribution in [3.05, 3.63) is 40.6 Å². The number of H-pyrrole nitrogens is 1. The third-order valence-electron chi connectivity index (χ3n) is 4.50. The Morgan fingerprint density at radius 3 is 2.82 bits per heavy atom. The molecule has 1 aliphatic rings. The van der Waals surface area contributed by atoms with Gasteiger partial charge in [-0.25, -0.2) is 4.79 Å². The van der Waals surface area contributed by atoms with Gasteiger partial charge in [-0.05, 0) is 61.8 Å². The van der Waals surface area contributed by atoms with Gasteiger partial charge in [-0.2, -0.15) is 0 Å². The van der Waals surface area contributed by atoms with E-state index >= 15 is 0 Å². The molecule has 0 amide bonds. The van der Waals surface area contributed by atoms with E-state index in [-0.39, 0.29) is 5.97 Å². The lowest BCUT2D eigenvalue weighted by atomic mass is 9.85. The van der Waals surface area contributed by atoms with Crippen molar-refractivity contribution in [2.24, 2.45) is 0 Å². The number of nitrogens with one attached hydrogen (secondary N) is 1. The maximum Gasteiger partial charge on any atom is 0.342 e. The number of nitrogen functional groups attached to an aromatic ring is 1. The molecule has 116 valence electrons. The highest BCUT2D eigenvalue weighted by molar-refractivity contribution is 6.02. The number of aromatic nitrogens is 1. The lowest BCUT2D eigenvalue weighted by Gasteiger charge is -2.20. The number of rotatable bonds is 3. The number of carbonyl (C=O) groups excluding carboxylic acids is 1. The van der Waals surface area contributed by atoms with Crippen LogP contribution in [0, 0.1) is 6.92 Å². The molecule has 1 aromatic heterocycles. The lowest BCUT2D eigenvalue weighted by Crippen LogP contribution is -2.09. The van der Waals surface area contributed by atoms with Crippen LogP contribution in [0.3, 0.4) is 0 Å². The number of anilines is 1. The van der Waals surface area contributed by atoms with E-state index in [4.69, 9.17) is 10.5 Å². The van der Waals surface area contributed by atoms with Gasteiger partial charge in [-0.3, -0.25) is 0 Å². The third-order valence-corrected chi connectivity index (χ3v) is 4.50. The van der Waals surface area contributed by atoms with Crippen molar-refractivity contribution in [1.29, 1.82) is 0 Å². The van der Waals surface area contributed by atoms with Gasteiger partial charge < -0.3 is 15.5 Å². The standard InChI is InChI=1S/C18H22N2O2/c1-3-22-18(21)16-15(10-20-17(16)19)14-9-8-12-6-4-5-7-13(12)11(14)2/h8-10,20H,3-7,19H2,1-2H3. The Morgan fingerprint density at radius 1 is 1.27 bits per heavy atom. The average Bonchev–Trinajstić information content (AvgIpc) is 2.90. The molecule has 1 heterocycles. The first-order chi connectivity index (χ1) is 10.6.